The number of amides is 1. The van der Waals surface area contributed by atoms with Gasteiger partial charge >= 0.3 is 5.97 Å². The summed E-state index contributed by atoms with van der Waals surface area (Å²) in [4.78, 5) is 26.5. The number of carboxylic acids is 1. The predicted molar refractivity (Wildman–Crippen MR) is 74.6 cm³/mol. The van der Waals surface area contributed by atoms with Crippen molar-refractivity contribution in [1.82, 2.24) is 10.3 Å². The summed E-state index contributed by atoms with van der Waals surface area (Å²) in [6.07, 6.45) is 3.96. The van der Waals surface area contributed by atoms with Crippen LogP contribution in [0.25, 0.3) is 10.9 Å². The van der Waals surface area contributed by atoms with E-state index < -0.39 is 11.4 Å². The van der Waals surface area contributed by atoms with E-state index in [9.17, 15) is 14.7 Å². The van der Waals surface area contributed by atoms with Gasteiger partial charge in [-0.3, -0.25) is 9.59 Å². The summed E-state index contributed by atoms with van der Waals surface area (Å²) in [6.45, 7) is 0.193. The fourth-order valence-corrected chi connectivity index (χ4v) is 2.69. The zero-order valence-corrected chi connectivity index (χ0v) is 11.0. The van der Waals surface area contributed by atoms with Gasteiger partial charge < -0.3 is 15.4 Å². The maximum atomic E-state index is 12.2. The number of hydrogen-bond acceptors (Lipinski definition) is 2. The van der Waals surface area contributed by atoms with Crippen LogP contribution >= 0.6 is 0 Å². The Morgan fingerprint density at radius 3 is 2.75 bits per heavy atom. The van der Waals surface area contributed by atoms with Crippen molar-refractivity contribution in [3.63, 3.8) is 0 Å². The van der Waals surface area contributed by atoms with Crippen molar-refractivity contribution in [2.75, 3.05) is 6.54 Å². The number of aliphatic carboxylic acids is 1. The van der Waals surface area contributed by atoms with Crippen LogP contribution in [0.1, 0.15) is 29.6 Å². The summed E-state index contributed by atoms with van der Waals surface area (Å²) in [5, 5.41) is 13.0. The molecule has 20 heavy (non-hydrogen) atoms. The third-order valence-corrected chi connectivity index (χ3v) is 4.18. The summed E-state index contributed by atoms with van der Waals surface area (Å²) >= 11 is 0. The first-order valence-electron chi connectivity index (χ1n) is 6.70. The molecule has 3 rings (SSSR count). The minimum Gasteiger partial charge on any atom is -0.481 e. The van der Waals surface area contributed by atoms with Crippen molar-refractivity contribution in [3.8, 4) is 0 Å². The molecule has 0 saturated heterocycles. The van der Waals surface area contributed by atoms with E-state index in [4.69, 9.17) is 0 Å². The minimum absolute atomic E-state index is 0.193. The Labute approximate surface area is 116 Å². The number of carbonyl (C=O) groups is 2. The van der Waals surface area contributed by atoms with Gasteiger partial charge in [0.05, 0.1) is 16.5 Å². The molecule has 0 aliphatic heterocycles. The van der Waals surface area contributed by atoms with Gasteiger partial charge in [-0.25, -0.2) is 0 Å². The summed E-state index contributed by atoms with van der Waals surface area (Å²) in [6, 6.07) is 7.38. The maximum absolute atomic E-state index is 12.2. The number of rotatable bonds is 4. The van der Waals surface area contributed by atoms with Crippen LogP contribution in [0.5, 0.6) is 0 Å². The number of para-hydroxylation sites is 1. The van der Waals surface area contributed by atoms with Crippen molar-refractivity contribution >= 4 is 22.8 Å². The molecule has 104 valence electrons. The Bertz CT molecular complexity index is 671. The van der Waals surface area contributed by atoms with Crippen molar-refractivity contribution in [1.29, 1.82) is 0 Å². The fourth-order valence-electron chi connectivity index (χ4n) is 2.69. The quantitative estimate of drug-likeness (QED) is 0.797. The Balaban J connectivity index is 1.77. The normalized spacial score (nSPS) is 16.6. The first-order chi connectivity index (χ1) is 9.62. The smallest absolute Gasteiger partial charge is 0.311 e. The van der Waals surface area contributed by atoms with Gasteiger partial charge in [0.2, 0.25) is 0 Å². The number of aromatic nitrogens is 1. The number of benzene rings is 1. The summed E-state index contributed by atoms with van der Waals surface area (Å²) in [5.74, 6) is -1.05. The lowest BCUT2D eigenvalue weighted by atomic mass is 9.69. The van der Waals surface area contributed by atoms with Gasteiger partial charge in [-0.05, 0) is 25.0 Å². The molecule has 1 heterocycles. The summed E-state index contributed by atoms with van der Waals surface area (Å²) < 4.78 is 0. The highest BCUT2D eigenvalue weighted by molar-refractivity contribution is 6.05. The van der Waals surface area contributed by atoms with Crippen LogP contribution in [0, 0.1) is 5.41 Å². The Morgan fingerprint density at radius 2 is 2.10 bits per heavy atom. The van der Waals surface area contributed by atoms with Crippen molar-refractivity contribution in [2.24, 2.45) is 5.41 Å². The van der Waals surface area contributed by atoms with E-state index in [1.165, 1.54) is 0 Å². The van der Waals surface area contributed by atoms with E-state index in [0.29, 0.717) is 18.4 Å². The van der Waals surface area contributed by atoms with Crippen LogP contribution < -0.4 is 5.32 Å². The minimum atomic E-state index is -0.817. The second-order valence-corrected chi connectivity index (χ2v) is 5.37. The molecule has 0 bridgehead atoms. The first kappa shape index (κ1) is 12.7. The monoisotopic (exact) mass is 272 g/mol. The highest BCUT2D eigenvalue weighted by Gasteiger charge is 2.44. The second kappa shape index (κ2) is 4.67. The van der Waals surface area contributed by atoms with Gasteiger partial charge in [0, 0.05) is 18.1 Å². The maximum Gasteiger partial charge on any atom is 0.311 e. The lowest BCUT2D eigenvalue weighted by Crippen LogP contribution is -2.47. The standard InChI is InChI=1S/C15H16N2O3/c18-13(17-9-15(14(19)20)6-2-7-15)11-4-1-3-10-5-8-16-12(10)11/h1,3-5,8,16H,2,6-7,9H2,(H,17,18)(H,19,20). The molecule has 1 aliphatic carbocycles. The number of H-pyrrole nitrogens is 1. The van der Waals surface area contributed by atoms with Crippen LogP contribution in [0.15, 0.2) is 30.5 Å². The molecule has 0 radical (unpaired) electrons. The zero-order chi connectivity index (χ0) is 14.2. The molecule has 5 heteroatoms. The number of carboxylic acid groups (broad SMARTS) is 1. The molecule has 1 saturated carbocycles. The van der Waals surface area contributed by atoms with Crippen LogP contribution in [-0.2, 0) is 4.79 Å². The average Bonchev–Trinajstić information content (AvgIpc) is 2.84. The number of hydrogen-bond donors (Lipinski definition) is 3. The molecule has 5 nitrogen and oxygen atoms in total. The molecular weight excluding hydrogens is 256 g/mol. The number of fused-ring (bicyclic) bond motifs is 1. The zero-order valence-electron chi connectivity index (χ0n) is 11.0. The van der Waals surface area contributed by atoms with Crippen LogP contribution in [0.2, 0.25) is 0 Å². The van der Waals surface area contributed by atoms with Crippen molar-refractivity contribution < 1.29 is 14.7 Å². The lowest BCUT2D eigenvalue weighted by Gasteiger charge is -2.37. The predicted octanol–water partition coefficient (Wildman–Crippen LogP) is 2.15. The van der Waals surface area contributed by atoms with E-state index in [-0.39, 0.29) is 12.5 Å². The Kier molecular flexibility index (Phi) is 2.97. The van der Waals surface area contributed by atoms with Gasteiger partial charge in [-0.15, -0.1) is 0 Å². The Morgan fingerprint density at radius 1 is 1.30 bits per heavy atom. The fraction of sp³-hybridized carbons (Fsp3) is 0.333. The van der Waals surface area contributed by atoms with Gasteiger partial charge in [-0.2, -0.15) is 0 Å². The van der Waals surface area contributed by atoms with E-state index in [0.717, 1.165) is 17.3 Å². The lowest BCUT2D eigenvalue weighted by molar-refractivity contribution is -0.153. The van der Waals surface area contributed by atoms with Crippen LogP contribution in [0.3, 0.4) is 0 Å². The molecule has 2 aromatic rings. The third-order valence-electron chi connectivity index (χ3n) is 4.18. The van der Waals surface area contributed by atoms with Gasteiger partial charge in [0.1, 0.15) is 0 Å². The molecule has 1 amide bonds. The third kappa shape index (κ3) is 1.95. The number of nitrogens with one attached hydrogen (secondary N) is 2. The molecule has 1 aromatic heterocycles. The van der Waals surface area contributed by atoms with Gasteiger partial charge in [0.15, 0.2) is 0 Å². The largest absolute Gasteiger partial charge is 0.481 e. The SMILES string of the molecule is O=C(NCC1(C(=O)O)CCC1)c1cccc2cc[nH]c12. The van der Waals surface area contributed by atoms with Gasteiger partial charge in [-0.1, -0.05) is 18.6 Å². The molecule has 1 aromatic carbocycles. The molecule has 1 aliphatic rings. The molecule has 1 fully saturated rings. The molecule has 0 spiro atoms. The topological polar surface area (TPSA) is 82.2 Å². The van der Waals surface area contributed by atoms with Gasteiger partial charge in [0.25, 0.3) is 5.91 Å². The highest BCUT2D eigenvalue weighted by atomic mass is 16.4. The summed E-state index contributed by atoms with van der Waals surface area (Å²) in [7, 11) is 0. The number of carbonyl (C=O) groups excluding carboxylic acids is 1. The average molecular weight is 272 g/mol. The van der Waals surface area contributed by atoms with Crippen molar-refractivity contribution in [3.05, 3.63) is 36.0 Å². The highest BCUT2D eigenvalue weighted by Crippen LogP contribution is 2.40. The second-order valence-electron chi connectivity index (χ2n) is 5.37. The van der Waals surface area contributed by atoms with E-state index in [1.807, 2.05) is 18.2 Å². The first-order valence-corrected chi connectivity index (χ1v) is 6.70. The number of aromatic amines is 1. The Hall–Kier alpha value is -2.30. The van der Waals surface area contributed by atoms with Crippen LogP contribution in [-0.4, -0.2) is 28.5 Å². The molecular formula is C15H16N2O3. The summed E-state index contributed by atoms with van der Waals surface area (Å²) in [5.41, 5.74) is 0.564. The van der Waals surface area contributed by atoms with E-state index in [2.05, 4.69) is 10.3 Å². The molecule has 0 atom stereocenters. The van der Waals surface area contributed by atoms with Crippen molar-refractivity contribution in [2.45, 2.75) is 19.3 Å². The van der Waals surface area contributed by atoms with E-state index >= 15 is 0 Å². The van der Waals surface area contributed by atoms with Crippen LogP contribution in [0.4, 0.5) is 0 Å². The van der Waals surface area contributed by atoms with E-state index in [1.54, 1.807) is 12.3 Å². The molecule has 0 unspecified atom stereocenters. The molecule has 3 N–H and O–H groups in total.